The molecule has 5 heteroatoms. The highest BCUT2D eigenvalue weighted by molar-refractivity contribution is 7.03. The summed E-state index contributed by atoms with van der Waals surface area (Å²) in [5, 5.41) is 8.23. The van der Waals surface area contributed by atoms with Crippen LogP contribution >= 0.6 is 11.5 Å². The van der Waals surface area contributed by atoms with Crippen LogP contribution in [-0.4, -0.2) is 21.5 Å². The van der Waals surface area contributed by atoms with Crippen LogP contribution in [-0.2, 0) is 0 Å². The molecule has 0 aromatic carbocycles. The van der Waals surface area contributed by atoms with Gasteiger partial charge in [0.1, 0.15) is 0 Å². The summed E-state index contributed by atoms with van der Waals surface area (Å²) in [6.07, 6.45) is 5.99. The fourth-order valence-electron chi connectivity index (χ4n) is 1.26. The predicted octanol–water partition coefficient (Wildman–Crippen LogP) is 0.986. The minimum Gasteiger partial charge on any atom is -0.347 e. The van der Waals surface area contributed by atoms with Gasteiger partial charge in [0, 0.05) is 11.4 Å². The highest BCUT2D eigenvalue weighted by atomic mass is 32.1. The summed E-state index contributed by atoms with van der Waals surface area (Å²) >= 11 is 1.19. The first-order chi connectivity index (χ1) is 6.36. The lowest BCUT2D eigenvalue weighted by Gasteiger charge is -2.09. The zero-order valence-electron chi connectivity index (χ0n) is 6.93. The van der Waals surface area contributed by atoms with E-state index < -0.39 is 0 Å². The normalized spacial score (nSPS) is 16.3. The number of carbonyl (C=O) groups excluding carboxylic acids is 1. The summed E-state index contributed by atoms with van der Waals surface area (Å²) < 4.78 is 3.63. The van der Waals surface area contributed by atoms with Gasteiger partial charge >= 0.3 is 0 Å². The minimum atomic E-state index is -0.123. The van der Waals surface area contributed by atoms with Crippen molar-refractivity contribution >= 4 is 17.4 Å². The van der Waals surface area contributed by atoms with Crippen molar-refractivity contribution in [3.05, 3.63) is 23.2 Å². The Morgan fingerprint density at radius 2 is 2.31 bits per heavy atom. The molecule has 0 aliphatic heterocycles. The lowest BCUT2D eigenvalue weighted by Crippen LogP contribution is -2.33. The quantitative estimate of drug-likeness (QED) is 0.716. The molecule has 0 radical (unpaired) electrons. The number of nitrogens with zero attached hydrogens (tertiary/aromatic N) is 2. The first-order valence-corrected chi connectivity index (χ1v) is 4.93. The largest absolute Gasteiger partial charge is 0.347 e. The Morgan fingerprint density at radius 3 is 2.92 bits per heavy atom. The van der Waals surface area contributed by atoms with E-state index in [1.54, 1.807) is 5.38 Å². The number of hydrogen-bond acceptors (Lipinski definition) is 4. The van der Waals surface area contributed by atoms with Crippen molar-refractivity contribution < 1.29 is 4.79 Å². The molecular weight excluding hydrogens is 186 g/mol. The third-order valence-electron chi connectivity index (χ3n) is 1.94. The highest BCUT2D eigenvalue weighted by Gasteiger charge is 2.15. The predicted molar refractivity (Wildman–Crippen MR) is 49.5 cm³/mol. The molecule has 1 aromatic heterocycles. The van der Waals surface area contributed by atoms with Crippen LogP contribution in [0, 0.1) is 0 Å². The summed E-state index contributed by atoms with van der Waals surface area (Å²) in [5.74, 6) is -0.123. The Kier molecular flexibility index (Phi) is 2.35. The average Bonchev–Trinajstić information content (AvgIpc) is 2.74. The van der Waals surface area contributed by atoms with Gasteiger partial charge in [-0.05, 0) is 24.4 Å². The van der Waals surface area contributed by atoms with Crippen molar-refractivity contribution in [1.29, 1.82) is 0 Å². The Balaban J connectivity index is 1.92. The second-order valence-corrected chi connectivity index (χ2v) is 3.51. The fourth-order valence-corrected chi connectivity index (χ4v) is 1.69. The smallest absolute Gasteiger partial charge is 0.272 e. The summed E-state index contributed by atoms with van der Waals surface area (Å²) in [4.78, 5) is 11.4. The Hall–Kier alpha value is -1.23. The molecule has 0 unspecified atom stereocenters. The van der Waals surface area contributed by atoms with E-state index in [1.807, 2.05) is 0 Å². The van der Waals surface area contributed by atoms with E-state index in [9.17, 15) is 4.79 Å². The molecule has 1 heterocycles. The van der Waals surface area contributed by atoms with Gasteiger partial charge < -0.3 is 5.32 Å². The lowest BCUT2D eigenvalue weighted by molar-refractivity contribution is 0.0934. The van der Waals surface area contributed by atoms with Gasteiger partial charge in [-0.1, -0.05) is 16.6 Å². The summed E-state index contributed by atoms with van der Waals surface area (Å²) in [5.41, 5.74) is 0.414. The zero-order chi connectivity index (χ0) is 9.10. The standard InChI is InChI=1S/C8H9N3OS/c12-8(7-5-13-11-10-7)9-6-3-1-2-4-6/h1-2,5-6H,3-4H2,(H,9,12). The number of nitrogens with one attached hydrogen (secondary N) is 1. The van der Waals surface area contributed by atoms with Crippen LogP contribution < -0.4 is 5.32 Å². The van der Waals surface area contributed by atoms with Crippen LogP contribution in [0.25, 0.3) is 0 Å². The third-order valence-corrected chi connectivity index (χ3v) is 2.44. The Morgan fingerprint density at radius 1 is 1.54 bits per heavy atom. The first kappa shape index (κ1) is 8.37. The van der Waals surface area contributed by atoms with Crippen LogP contribution in [0.3, 0.4) is 0 Å². The number of carbonyl (C=O) groups is 1. The third kappa shape index (κ3) is 1.92. The van der Waals surface area contributed by atoms with Gasteiger partial charge in [0.2, 0.25) is 0 Å². The van der Waals surface area contributed by atoms with E-state index in [2.05, 4.69) is 27.1 Å². The van der Waals surface area contributed by atoms with E-state index in [1.165, 1.54) is 11.5 Å². The van der Waals surface area contributed by atoms with Gasteiger partial charge in [-0.2, -0.15) is 0 Å². The van der Waals surface area contributed by atoms with Crippen LogP contribution in [0.1, 0.15) is 23.3 Å². The van der Waals surface area contributed by atoms with E-state index >= 15 is 0 Å². The van der Waals surface area contributed by atoms with E-state index in [4.69, 9.17) is 0 Å². The topological polar surface area (TPSA) is 54.9 Å². The molecule has 1 N–H and O–H groups in total. The van der Waals surface area contributed by atoms with Gasteiger partial charge in [0.25, 0.3) is 5.91 Å². The number of hydrogen-bond donors (Lipinski definition) is 1. The molecule has 0 spiro atoms. The van der Waals surface area contributed by atoms with Crippen LogP contribution in [0.2, 0.25) is 0 Å². The van der Waals surface area contributed by atoms with Gasteiger partial charge in [-0.3, -0.25) is 4.79 Å². The van der Waals surface area contributed by atoms with Crippen LogP contribution in [0.4, 0.5) is 0 Å². The van der Waals surface area contributed by atoms with Gasteiger partial charge in [-0.15, -0.1) is 5.10 Å². The maximum atomic E-state index is 11.4. The maximum absolute atomic E-state index is 11.4. The number of aromatic nitrogens is 2. The molecule has 13 heavy (non-hydrogen) atoms. The van der Waals surface area contributed by atoms with Crippen molar-refractivity contribution in [2.45, 2.75) is 18.9 Å². The van der Waals surface area contributed by atoms with E-state index in [-0.39, 0.29) is 11.9 Å². The van der Waals surface area contributed by atoms with Crippen molar-refractivity contribution in [2.24, 2.45) is 0 Å². The lowest BCUT2D eigenvalue weighted by atomic mass is 10.2. The SMILES string of the molecule is O=C(NC1CC=CC1)c1csnn1. The minimum absolute atomic E-state index is 0.123. The molecule has 0 saturated heterocycles. The van der Waals surface area contributed by atoms with E-state index in [0.717, 1.165) is 12.8 Å². The first-order valence-electron chi connectivity index (χ1n) is 4.09. The molecule has 68 valence electrons. The maximum Gasteiger partial charge on any atom is 0.272 e. The Bertz CT molecular complexity index is 312. The molecule has 2 rings (SSSR count). The number of amides is 1. The Labute approximate surface area is 79.8 Å². The molecule has 0 saturated carbocycles. The number of rotatable bonds is 2. The second kappa shape index (κ2) is 3.66. The molecule has 4 nitrogen and oxygen atoms in total. The molecule has 1 aliphatic rings. The molecule has 0 bridgehead atoms. The van der Waals surface area contributed by atoms with Gasteiger partial charge in [-0.25, -0.2) is 0 Å². The monoisotopic (exact) mass is 195 g/mol. The molecule has 1 aromatic rings. The molecule has 1 aliphatic carbocycles. The molecule has 0 fully saturated rings. The second-order valence-electron chi connectivity index (χ2n) is 2.90. The van der Waals surface area contributed by atoms with Gasteiger partial charge in [0.05, 0.1) is 0 Å². The molecule has 0 atom stereocenters. The molecular formula is C8H9N3OS. The molecule has 1 amide bonds. The summed E-state index contributed by atoms with van der Waals surface area (Å²) in [7, 11) is 0. The zero-order valence-corrected chi connectivity index (χ0v) is 7.75. The van der Waals surface area contributed by atoms with Gasteiger partial charge in [0.15, 0.2) is 5.69 Å². The fraction of sp³-hybridized carbons (Fsp3) is 0.375. The van der Waals surface area contributed by atoms with Crippen molar-refractivity contribution in [2.75, 3.05) is 0 Å². The summed E-state index contributed by atoms with van der Waals surface area (Å²) in [6, 6.07) is 0.245. The highest BCUT2D eigenvalue weighted by Crippen LogP contribution is 2.09. The van der Waals surface area contributed by atoms with Crippen molar-refractivity contribution in [3.63, 3.8) is 0 Å². The van der Waals surface area contributed by atoms with Crippen LogP contribution in [0.5, 0.6) is 0 Å². The van der Waals surface area contributed by atoms with Crippen molar-refractivity contribution in [3.8, 4) is 0 Å². The average molecular weight is 195 g/mol. The summed E-state index contributed by atoms with van der Waals surface area (Å²) in [6.45, 7) is 0. The van der Waals surface area contributed by atoms with Crippen LogP contribution in [0.15, 0.2) is 17.5 Å². The van der Waals surface area contributed by atoms with Crippen molar-refractivity contribution in [1.82, 2.24) is 14.9 Å². The van der Waals surface area contributed by atoms with E-state index in [0.29, 0.717) is 5.69 Å².